The van der Waals surface area contributed by atoms with Gasteiger partial charge < -0.3 is 9.80 Å². The van der Waals surface area contributed by atoms with Crippen LogP contribution in [-0.4, -0.2) is 62.1 Å². The van der Waals surface area contributed by atoms with Gasteiger partial charge in [0.2, 0.25) is 11.8 Å². The third-order valence-electron chi connectivity index (χ3n) is 6.24. The number of carbonyl (C=O) groups excluding carboxylic acids is 2. The first-order valence-electron chi connectivity index (χ1n) is 11.6. The van der Waals surface area contributed by atoms with Gasteiger partial charge in [-0.05, 0) is 42.2 Å². The molecule has 0 saturated carbocycles. The van der Waals surface area contributed by atoms with Gasteiger partial charge in [-0.25, -0.2) is 0 Å². The zero-order chi connectivity index (χ0) is 23.2. The smallest absolute Gasteiger partial charge is 0.245 e. The minimum absolute atomic E-state index is 0.00591. The van der Waals surface area contributed by atoms with E-state index in [0.717, 1.165) is 35.3 Å². The Labute approximate surface area is 195 Å². The molecule has 1 aromatic carbocycles. The average Bonchev–Trinajstić information content (AvgIpc) is 3.26. The van der Waals surface area contributed by atoms with E-state index < -0.39 is 6.04 Å². The lowest BCUT2D eigenvalue weighted by molar-refractivity contribution is -0.151. The lowest BCUT2D eigenvalue weighted by Gasteiger charge is -2.41. The number of nitrogens with zero attached hydrogens (tertiary/aromatic N) is 5. The van der Waals surface area contributed by atoms with E-state index in [-0.39, 0.29) is 11.8 Å². The van der Waals surface area contributed by atoms with E-state index in [1.165, 1.54) is 0 Å². The van der Waals surface area contributed by atoms with Gasteiger partial charge in [-0.3, -0.25) is 19.3 Å². The summed E-state index contributed by atoms with van der Waals surface area (Å²) in [5, 5.41) is 4.27. The third kappa shape index (κ3) is 5.30. The number of hydrogen-bond donors (Lipinski definition) is 0. The highest BCUT2D eigenvalue weighted by Crippen LogP contribution is 2.22. The molecule has 3 aromatic rings. The van der Waals surface area contributed by atoms with Crippen LogP contribution >= 0.6 is 0 Å². The monoisotopic (exact) mass is 445 g/mol. The highest BCUT2D eigenvalue weighted by Gasteiger charge is 2.36. The van der Waals surface area contributed by atoms with E-state index in [1.54, 1.807) is 17.3 Å². The SMILES string of the molecule is CCCN1CCN(C(=O)CCn2nccc2C)[C@H](Cc2ccc(-c3cccnc3)cc2)C1=O. The van der Waals surface area contributed by atoms with Gasteiger partial charge in [-0.2, -0.15) is 5.10 Å². The summed E-state index contributed by atoms with van der Waals surface area (Å²) < 4.78 is 1.83. The normalized spacial score (nSPS) is 16.3. The van der Waals surface area contributed by atoms with E-state index in [9.17, 15) is 9.59 Å². The summed E-state index contributed by atoms with van der Waals surface area (Å²) in [5.41, 5.74) is 4.20. The maximum Gasteiger partial charge on any atom is 0.245 e. The zero-order valence-electron chi connectivity index (χ0n) is 19.4. The minimum Gasteiger partial charge on any atom is -0.339 e. The van der Waals surface area contributed by atoms with E-state index in [0.29, 0.717) is 32.5 Å². The van der Waals surface area contributed by atoms with Gasteiger partial charge in [-0.15, -0.1) is 0 Å². The van der Waals surface area contributed by atoms with E-state index in [1.807, 2.05) is 53.0 Å². The molecule has 0 unspecified atom stereocenters. The fourth-order valence-electron chi connectivity index (χ4n) is 4.39. The topological polar surface area (TPSA) is 71.3 Å². The molecule has 1 aliphatic rings. The lowest BCUT2D eigenvalue weighted by Crippen LogP contribution is -2.59. The van der Waals surface area contributed by atoms with Crippen LogP contribution in [0.15, 0.2) is 61.1 Å². The molecule has 0 N–H and O–H groups in total. The molecule has 3 heterocycles. The highest BCUT2D eigenvalue weighted by atomic mass is 16.2. The third-order valence-corrected chi connectivity index (χ3v) is 6.24. The molecule has 0 bridgehead atoms. The van der Waals surface area contributed by atoms with Crippen molar-refractivity contribution in [2.75, 3.05) is 19.6 Å². The Kier molecular flexibility index (Phi) is 7.17. The van der Waals surface area contributed by atoms with Gasteiger partial charge in [0, 0.05) is 63.3 Å². The number of pyridine rings is 1. The van der Waals surface area contributed by atoms with Crippen LogP contribution in [0.1, 0.15) is 31.0 Å². The van der Waals surface area contributed by atoms with Crippen LogP contribution in [0.25, 0.3) is 11.1 Å². The quantitative estimate of drug-likeness (QED) is 0.533. The van der Waals surface area contributed by atoms with Crippen LogP contribution in [-0.2, 0) is 22.6 Å². The molecule has 2 amide bonds. The van der Waals surface area contributed by atoms with Gasteiger partial charge in [-0.1, -0.05) is 37.3 Å². The number of piperazine rings is 1. The van der Waals surface area contributed by atoms with Gasteiger partial charge in [0.1, 0.15) is 6.04 Å². The molecule has 1 saturated heterocycles. The molecule has 1 aliphatic heterocycles. The van der Waals surface area contributed by atoms with Gasteiger partial charge in [0.05, 0.1) is 0 Å². The van der Waals surface area contributed by atoms with Crippen molar-refractivity contribution in [1.29, 1.82) is 0 Å². The van der Waals surface area contributed by atoms with Crippen LogP contribution in [0.5, 0.6) is 0 Å². The van der Waals surface area contributed by atoms with Crippen molar-refractivity contribution >= 4 is 11.8 Å². The molecule has 1 fully saturated rings. The molecular formula is C26H31N5O2. The first kappa shape index (κ1) is 22.7. The maximum atomic E-state index is 13.3. The van der Waals surface area contributed by atoms with Gasteiger partial charge >= 0.3 is 0 Å². The summed E-state index contributed by atoms with van der Waals surface area (Å²) in [7, 11) is 0. The second kappa shape index (κ2) is 10.4. The van der Waals surface area contributed by atoms with Crippen molar-refractivity contribution in [3.05, 3.63) is 72.3 Å². The number of aromatic nitrogens is 3. The summed E-state index contributed by atoms with van der Waals surface area (Å²) in [5.74, 6) is 0.0504. The number of rotatable bonds is 8. The fraction of sp³-hybridized carbons (Fsp3) is 0.385. The Balaban J connectivity index is 1.49. The second-order valence-electron chi connectivity index (χ2n) is 8.52. The molecular weight excluding hydrogens is 414 g/mol. The van der Waals surface area contributed by atoms with Crippen LogP contribution in [0.4, 0.5) is 0 Å². The molecule has 0 radical (unpaired) electrons. The largest absolute Gasteiger partial charge is 0.339 e. The van der Waals surface area contributed by atoms with E-state index >= 15 is 0 Å². The average molecular weight is 446 g/mol. The van der Waals surface area contributed by atoms with Gasteiger partial charge in [0.15, 0.2) is 0 Å². The Hall–Kier alpha value is -3.48. The van der Waals surface area contributed by atoms with Crippen LogP contribution in [0, 0.1) is 6.92 Å². The highest BCUT2D eigenvalue weighted by molar-refractivity contribution is 5.89. The second-order valence-corrected chi connectivity index (χ2v) is 8.52. The number of amides is 2. The molecule has 0 aliphatic carbocycles. The van der Waals surface area contributed by atoms with E-state index in [2.05, 4.69) is 29.1 Å². The first-order chi connectivity index (χ1) is 16.1. The number of aryl methyl sites for hydroxylation is 2. The van der Waals surface area contributed by atoms with Crippen LogP contribution < -0.4 is 0 Å². The summed E-state index contributed by atoms with van der Waals surface area (Å²) in [6.45, 7) is 6.46. The molecule has 7 heteroatoms. The van der Waals surface area contributed by atoms with Crippen molar-refractivity contribution in [3.8, 4) is 11.1 Å². The number of carbonyl (C=O) groups is 2. The fourth-order valence-corrected chi connectivity index (χ4v) is 4.39. The van der Waals surface area contributed by atoms with Crippen LogP contribution in [0.3, 0.4) is 0 Å². The van der Waals surface area contributed by atoms with Crippen molar-refractivity contribution in [3.63, 3.8) is 0 Å². The standard InChI is InChI=1S/C26H31N5O2/c1-3-14-29-16-17-30(25(32)11-15-31-20(2)10-13-28-31)24(26(29)33)18-21-6-8-22(9-7-21)23-5-4-12-27-19-23/h4-10,12-13,19,24H,3,11,14-18H2,1-2H3/t24-/m1/s1. The zero-order valence-corrected chi connectivity index (χ0v) is 19.4. The molecule has 172 valence electrons. The molecule has 2 aromatic heterocycles. The molecule has 33 heavy (non-hydrogen) atoms. The predicted molar refractivity (Wildman–Crippen MR) is 127 cm³/mol. The molecule has 7 nitrogen and oxygen atoms in total. The maximum absolute atomic E-state index is 13.3. The van der Waals surface area contributed by atoms with Crippen molar-refractivity contribution < 1.29 is 9.59 Å². The van der Waals surface area contributed by atoms with Crippen molar-refractivity contribution in [1.82, 2.24) is 24.6 Å². The minimum atomic E-state index is -0.472. The number of benzene rings is 1. The summed E-state index contributed by atoms with van der Waals surface area (Å²) in [6.07, 6.45) is 7.09. The predicted octanol–water partition coefficient (Wildman–Crippen LogP) is 3.34. The first-order valence-corrected chi connectivity index (χ1v) is 11.6. The van der Waals surface area contributed by atoms with Crippen molar-refractivity contribution in [2.24, 2.45) is 0 Å². The summed E-state index contributed by atoms with van der Waals surface area (Å²) >= 11 is 0. The Bertz CT molecular complexity index is 1080. The van der Waals surface area contributed by atoms with Gasteiger partial charge in [0.25, 0.3) is 0 Å². The van der Waals surface area contributed by atoms with Crippen molar-refractivity contribution in [2.45, 2.75) is 45.7 Å². The molecule has 1 atom stereocenters. The van der Waals surface area contributed by atoms with Crippen LogP contribution in [0.2, 0.25) is 0 Å². The Morgan fingerprint density at radius 1 is 1.03 bits per heavy atom. The number of hydrogen-bond acceptors (Lipinski definition) is 4. The van der Waals surface area contributed by atoms with E-state index in [4.69, 9.17) is 0 Å². The molecule has 0 spiro atoms. The summed E-state index contributed by atoms with van der Waals surface area (Å²) in [4.78, 5) is 34.3. The summed E-state index contributed by atoms with van der Waals surface area (Å²) in [6, 6.07) is 13.6. The molecule has 4 rings (SSSR count). The lowest BCUT2D eigenvalue weighted by atomic mass is 9.98. The Morgan fingerprint density at radius 3 is 2.52 bits per heavy atom. The Morgan fingerprint density at radius 2 is 1.85 bits per heavy atom.